The van der Waals surface area contributed by atoms with Crippen LogP contribution in [-0.4, -0.2) is 20.7 Å². The number of nitrogens with one attached hydrogen (secondary N) is 1. The summed E-state index contributed by atoms with van der Waals surface area (Å²) in [6, 6.07) is 6.69. The third-order valence-corrected chi connectivity index (χ3v) is 2.26. The molecule has 2 aromatic rings. The summed E-state index contributed by atoms with van der Waals surface area (Å²) in [4.78, 5) is 15.7. The molecule has 5 nitrogen and oxygen atoms in total. The molecular weight excluding hydrogens is 228 g/mol. The highest BCUT2D eigenvalue weighted by Gasteiger charge is 2.09. The number of hydrogen-bond donors (Lipinski definition) is 1. The average molecular weight is 237 g/mol. The van der Waals surface area contributed by atoms with Crippen LogP contribution < -0.4 is 5.32 Å². The molecule has 0 aliphatic rings. The molecule has 1 amide bonds. The van der Waals surface area contributed by atoms with Crippen LogP contribution in [0, 0.1) is 0 Å². The minimum Gasteiger partial charge on any atom is -0.291 e. The van der Waals surface area contributed by atoms with E-state index in [-0.39, 0.29) is 5.91 Å². The van der Waals surface area contributed by atoms with Crippen LogP contribution in [0.5, 0.6) is 0 Å². The van der Waals surface area contributed by atoms with Gasteiger partial charge in [-0.15, -0.1) is 0 Å². The highest BCUT2D eigenvalue weighted by Crippen LogP contribution is 2.11. The highest BCUT2D eigenvalue weighted by atomic mass is 35.5. The number of benzene rings is 1. The lowest BCUT2D eigenvalue weighted by atomic mass is 10.2. The number of aryl methyl sites for hydroxylation is 1. The molecule has 0 saturated heterocycles. The zero-order chi connectivity index (χ0) is 11.5. The number of aromatic nitrogens is 3. The van der Waals surface area contributed by atoms with Crippen LogP contribution in [0.2, 0.25) is 5.02 Å². The predicted octanol–water partition coefficient (Wildman–Crippen LogP) is 1.72. The van der Waals surface area contributed by atoms with Crippen molar-refractivity contribution in [3.63, 3.8) is 0 Å². The second-order valence-corrected chi connectivity index (χ2v) is 3.61. The van der Waals surface area contributed by atoms with Crippen molar-refractivity contribution in [2.75, 3.05) is 5.32 Å². The summed E-state index contributed by atoms with van der Waals surface area (Å²) in [5.74, 6) is 0.128. The zero-order valence-electron chi connectivity index (χ0n) is 8.51. The fraction of sp³-hybridized carbons (Fsp3) is 0.100. The fourth-order valence-electron chi connectivity index (χ4n) is 1.21. The molecule has 0 atom stereocenters. The van der Waals surface area contributed by atoms with Gasteiger partial charge < -0.3 is 0 Å². The lowest BCUT2D eigenvalue weighted by Crippen LogP contribution is -2.15. The van der Waals surface area contributed by atoms with Crippen LogP contribution in [0.15, 0.2) is 30.6 Å². The van der Waals surface area contributed by atoms with Crippen LogP contribution in [0.1, 0.15) is 10.4 Å². The molecule has 6 heteroatoms. The van der Waals surface area contributed by atoms with E-state index < -0.39 is 0 Å². The van der Waals surface area contributed by atoms with Gasteiger partial charge >= 0.3 is 0 Å². The summed E-state index contributed by atoms with van der Waals surface area (Å²) in [6.45, 7) is 0. The number of carbonyl (C=O) groups excluding carboxylic acids is 1. The standard InChI is InChI=1S/C10H9ClN4O/c1-15-10(12-6-13-15)14-9(16)7-3-2-4-8(11)5-7/h2-6H,1H3,(H,12,13,14,16). The molecule has 1 aromatic heterocycles. The predicted molar refractivity (Wildman–Crippen MR) is 60.4 cm³/mol. The summed E-state index contributed by atoms with van der Waals surface area (Å²) in [5, 5.41) is 6.99. The third kappa shape index (κ3) is 2.20. The Hall–Kier alpha value is -1.88. The topological polar surface area (TPSA) is 59.8 Å². The molecule has 2 rings (SSSR count). The molecule has 0 radical (unpaired) electrons. The maximum absolute atomic E-state index is 11.8. The molecule has 1 aromatic carbocycles. The monoisotopic (exact) mass is 236 g/mol. The Morgan fingerprint density at radius 1 is 1.50 bits per heavy atom. The van der Waals surface area contributed by atoms with Gasteiger partial charge in [-0.3, -0.25) is 10.1 Å². The van der Waals surface area contributed by atoms with Gasteiger partial charge in [-0.2, -0.15) is 10.1 Å². The molecule has 0 aliphatic carbocycles. The fourth-order valence-corrected chi connectivity index (χ4v) is 1.40. The van der Waals surface area contributed by atoms with E-state index in [2.05, 4.69) is 15.4 Å². The highest BCUT2D eigenvalue weighted by molar-refractivity contribution is 6.31. The normalized spacial score (nSPS) is 10.1. The number of halogens is 1. The summed E-state index contributed by atoms with van der Waals surface area (Å²) < 4.78 is 1.47. The van der Waals surface area contributed by atoms with Gasteiger partial charge in [0.25, 0.3) is 5.91 Å². The van der Waals surface area contributed by atoms with E-state index in [1.807, 2.05) is 0 Å². The van der Waals surface area contributed by atoms with Crippen molar-refractivity contribution < 1.29 is 4.79 Å². The van der Waals surface area contributed by atoms with Crippen LogP contribution in [0.4, 0.5) is 5.95 Å². The van der Waals surface area contributed by atoms with Crippen molar-refractivity contribution in [1.29, 1.82) is 0 Å². The summed E-state index contributed by atoms with van der Waals surface area (Å²) in [7, 11) is 1.70. The Morgan fingerprint density at radius 2 is 2.31 bits per heavy atom. The second-order valence-electron chi connectivity index (χ2n) is 3.17. The first-order valence-corrected chi connectivity index (χ1v) is 4.95. The van der Waals surface area contributed by atoms with Gasteiger partial charge in [-0.05, 0) is 18.2 Å². The quantitative estimate of drug-likeness (QED) is 0.864. The van der Waals surface area contributed by atoms with Crippen molar-refractivity contribution in [2.24, 2.45) is 7.05 Å². The lowest BCUT2D eigenvalue weighted by Gasteiger charge is -2.03. The largest absolute Gasteiger partial charge is 0.291 e. The average Bonchev–Trinajstić information content (AvgIpc) is 2.64. The van der Waals surface area contributed by atoms with Gasteiger partial charge in [-0.1, -0.05) is 17.7 Å². The second kappa shape index (κ2) is 4.32. The molecule has 0 unspecified atom stereocenters. The van der Waals surface area contributed by atoms with Crippen LogP contribution in [0.25, 0.3) is 0 Å². The van der Waals surface area contributed by atoms with Crippen molar-refractivity contribution >= 4 is 23.5 Å². The van der Waals surface area contributed by atoms with Crippen molar-refractivity contribution in [3.05, 3.63) is 41.2 Å². The molecule has 82 valence electrons. The first-order valence-electron chi connectivity index (χ1n) is 4.58. The smallest absolute Gasteiger partial charge is 0.258 e. The molecular formula is C10H9ClN4O. The Balaban J connectivity index is 2.18. The number of carbonyl (C=O) groups is 1. The van der Waals surface area contributed by atoms with Crippen molar-refractivity contribution in [3.8, 4) is 0 Å². The first-order chi connectivity index (χ1) is 7.66. The number of hydrogen-bond acceptors (Lipinski definition) is 3. The molecule has 0 fully saturated rings. The number of amides is 1. The van der Waals surface area contributed by atoms with E-state index >= 15 is 0 Å². The molecule has 1 heterocycles. The Kier molecular flexibility index (Phi) is 2.87. The van der Waals surface area contributed by atoms with Crippen LogP contribution in [0.3, 0.4) is 0 Å². The molecule has 1 N–H and O–H groups in total. The zero-order valence-corrected chi connectivity index (χ0v) is 9.27. The van der Waals surface area contributed by atoms with E-state index in [9.17, 15) is 4.79 Å². The van der Waals surface area contributed by atoms with Gasteiger partial charge in [0, 0.05) is 17.6 Å². The number of nitrogens with zero attached hydrogens (tertiary/aromatic N) is 3. The minimum atomic E-state index is -0.265. The molecule has 0 spiro atoms. The third-order valence-electron chi connectivity index (χ3n) is 2.02. The van der Waals surface area contributed by atoms with E-state index in [1.54, 1.807) is 31.3 Å². The van der Waals surface area contributed by atoms with E-state index in [1.165, 1.54) is 11.0 Å². The Morgan fingerprint density at radius 3 is 2.94 bits per heavy atom. The Bertz CT molecular complexity index is 523. The SMILES string of the molecule is Cn1ncnc1NC(=O)c1cccc(Cl)c1. The van der Waals surface area contributed by atoms with Crippen LogP contribution in [-0.2, 0) is 7.05 Å². The first kappa shape index (κ1) is 10.6. The van der Waals surface area contributed by atoms with Gasteiger partial charge in [0.05, 0.1) is 0 Å². The number of anilines is 1. The van der Waals surface area contributed by atoms with E-state index in [0.29, 0.717) is 16.5 Å². The maximum atomic E-state index is 11.8. The lowest BCUT2D eigenvalue weighted by molar-refractivity contribution is 0.102. The van der Waals surface area contributed by atoms with Crippen molar-refractivity contribution in [1.82, 2.24) is 14.8 Å². The Labute approximate surface area is 97.1 Å². The van der Waals surface area contributed by atoms with E-state index in [4.69, 9.17) is 11.6 Å². The summed E-state index contributed by atoms with van der Waals surface area (Å²) in [6.07, 6.45) is 1.37. The van der Waals surface area contributed by atoms with Gasteiger partial charge in [-0.25, -0.2) is 4.68 Å². The van der Waals surface area contributed by atoms with Crippen molar-refractivity contribution in [2.45, 2.75) is 0 Å². The number of rotatable bonds is 2. The minimum absolute atomic E-state index is 0.265. The van der Waals surface area contributed by atoms with Crippen LogP contribution >= 0.6 is 11.6 Å². The molecule has 16 heavy (non-hydrogen) atoms. The van der Waals surface area contributed by atoms with E-state index in [0.717, 1.165) is 0 Å². The summed E-state index contributed by atoms with van der Waals surface area (Å²) in [5.41, 5.74) is 0.482. The summed E-state index contributed by atoms with van der Waals surface area (Å²) >= 11 is 5.79. The molecule has 0 aliphatic heterocycles. The van der Waals surface area contributed by atoms with Gasteiger partial charge in [0.15, 0.2) is 0 Å². The van der Waals surface area contributed by atoms with Gasteiger partial charge in [0.1, 0.15) is 6.33 Å². The van der Waals surface area contributed by atoms with Gasteiger partial charge in [0.2, 0.25) is 5.95 Å². The molecule has 0 bridgehead atoms. The molecule has 0 saturated carbocycles. The maximum Gasteiger partial charge on any atom is 0.258 e.